The van der Waals surface area contributed by atoms with Crippen molar-refractivity contribution >= 4 is 0 Å². The molecule has 1 N–H and O–H groups in total. The molecular formula is C15H22F3NO. The Morgan fingerprint density at radius 1 is 1.25 bits per heavy atom. The monoisotopic (exact) mass is 289 g/mol. The van der Waals surface area contributed by atoms with Crippen LogP contribution in [0.2, 0.25) is 0 Å². The van der Waals surface area contributed by atoms with Gasteiger partial charge < -0.3 is 5.11 Å². The Kier molecular flexibility index (Phi) is 6.49. The maximum absolute atomic E-state index is 12.7. The summed E-state index contributed by atoms with van der Waals surface area (Å²) in [5, 5.41) is 8.79. The zero-order valence-corrected chi connectivity index (χ0v) is 12.0. The number of hydrogen-bond donors (Lipinski definition) is 1. The van der Waals surface area contributed by atoms with Gasteiger partial charge in [0.15, 0.2) is 0 Å². The molecule has 0 saturated heterocycles. The van der Waals surface area contributed by atoms with Gasteiger partial charge >= 0.3 is 6.18 Å². The van der Waals surface area contributed by atoms with Crippen LogP contribution in [0.4, 0.5) is 13.2 Å². The van der Waals surface area contributed by atoms with Crippen molar-refractivity contribution in [2.75, 3.05) is 19.7 Å². The van der Waals surface area contributed by atoms with Crippen LogP contribution in [0.25, 0.3) is 0 Å². The Hall–Kier alpha value is -1.07. The number of unbranched alkanes of at least 4 members (excludes halogenated alkanes) is 1. The summed E-state index contributed by atoms with van der Waals surface area (Å²) in [6, 6.07) is 5.43. The molecule has 5 heteroatoms. The summed E-state index contributed by atoms with van der Waals surface area (Å²) in [6.07, 6.45) is -2.75. The molecule has 1 aromatic rings. The molecule has 1 atom stereocenters. The highest BCUT2D eigenvalue weighted by Crippen LogP contribution is 2.31. The topological polar surface area (TPSA) is 23.5 Å². The normalized spacial score (nSPS) is 13.8. The molecule has 1 aromatic carbocycles. The summed E-state index contributed by atoms with van der Waals surface area (Å²) < 4.78 is 38.2. The molecule has 1 rings (SSSR count). The molecule has 0 aromatic heterocycles. The van der Waals surface area contributed by atoms with Gasteiger partial charge in [-0.15, -0.1) is 0 Å². The van der Waals surface area contributed by atoms with Gasteiger partial charge in [-0.05, 0) is 50.6 Å². The highest BCUT2D eigenvalue weighted by Gasteiger charge is 2.31. The standard InChI is InChI=1S/C15H22F3NO/c1-3-19(9-4-5-10-20)12(2)13-7-6-8-14(11-13)15(16,17)18/h6-8,11-12,20H,3-5,9-10H2,1-2H3. The number of hydrogen-bond acceptors (Lipinski definition) is 2. The van der Waals surface area contributed by atoms with E-state index in [1.54, 1.807) is 6.07 Å². The number of rotatable bonds is 7. The molecule has 1 unspecified atom stereocenters. The van der Waals surface area contributed by atoms with E-state index in [1.807, 2.05) is 13.8 Å². The summed E-state index contributed by atoms with van der Waals surface area (Å²) in [4.78, 5) is 2.12. The van der Waals surface area contributed by atoms with Crippen LogP contribution in [0.3, 0.4) is 0 Å². The molecule has 0 radical (unpaired) electrons. The van der Waals surface area contributed by atoms with E-state index < -0.39 is 11.7 Å². The van der Waals surface area contributed by atoms with E-state index >= 15 is 0 Å². The number of aliphatic hydroxyl groups is 1. The van der Waals surface area contributed by atoms with Gasteiger partial charge in [-0.2, -0.15) is 13.2 Å². The molecule has 0 fully saturated rings. The fraction of sp³-hybridized carbons (Fsp3) is 0.600. The predicted molar refractivity (Wildman–Crippen MR) is 73.4 cm³/mol. The molecule has 0 amide bonds. The third kappa shape index (κ3) is 4.80. The average molecular weight is 289 g/mol. The Bertz CT molecular complexity index is 406. The van der Waals surface area contributed by atoms with E-state index in [0.717, 1.165) is 25.6 Å². The second-order valence-electron chi connectivity index (χ2n) is 4.86. The van der Waals surface area contributed by atoms with Crippen molar-refractivity contribution in [3.8, 4) is 0 Å². The first-order chi connectivity index (χ1) is 9.40. The van der Waals surface area contributed by atoms with E-state index in [9.17, 15) is 13.2 Å². The number of benzene rings is 1. The highest BCUT2D eigenvalue weighted by molar-refractivity contribution is 5.27. The largest absolute Gasteiger partial charge is 0.416 e. The lowest BCUT2D eigenvalue weighted by atomic mass is 10.0. The van der Waals surface area contributed by atoms with Crippen molar-refractivity contribution in [3.63, 3.8) is 0 Å². The smallest absolute Gasteiger partial charge is 0.396 e. The van der Waals surface area contributed by atoms with Crippen molar-refractivity contribution in [2.45, 2.75) is 38.9 Å². The molecule has 20 heavy (non-hydrogen) atoms. The van der Waals surface area contributed by atoms with Crippen molar-refractivity contribution in [1.29, 1.82) is 0 Å². The molecule has 0 bridgehead atoms. The molecule has 0 aliphatic rings. The van der Waals surface area contributed by atoms with E-state index in [0.29, 0.717) is 12.0 Å². The summed E-state index contributed by atoms with van der Waals surface area (Å²) in [6.45, 7) is 5.59. The summed E-state index contributed by atoms with van der Waals surface area (Å²) >= 11 is 0. The fourth-order valence-corrected chi connectivity index (χ4v) is 2.24. The average Bonchev–Trinajstić information content (AvgIpc) is 2.42. The Morgan fingerprint density at radius 2 is 1.95 bits per heavy atom. The summed E-state index contributed by atoms with van der Waals surface area (Å²) in [7, 11) is 0. The maximum atomic E-state index is 12.7. The molecule has 0 heterocycles. The Labute approximate surface area is 118 Å². The zero-order chi connectivity index (χ0) is 15.2. The van der Waals surface area contributed by atoms with E-state index in [4.69, 9.17) is 5.11 Å². The van der Waals surface area contributed by atoms with Crippen LogP contribution < -0.4 is 0 Å². The van der Waals surface area contributed by atoms with Gasteiger partial charge in [-0.25, -0.2) is 0 Å². The van der Waals surface area contributed by atoms with E-state index in [-0.39, 0.29) is 12.6 Å². The number of aliphatic hydroxyl groups excluding tert-OH is 1. The fourth-order valence-electron chi connectivity index (χ4n) is 2.24. The molecule has 0 aliphatic heterocycles. The van der Waals surface area contributed by atoms with E-state index in [1.165, 1.54) is 12.1 Å². The van der Waals surface area contributed by atoms with Gasteiger partial charge in [0.05, 0.1) is 5.56 Å². The molecular weight excluding hydrogens is 267 g/mol. The van der Waals surface area contributed by atoms with Crippen LogP contribution in [-0.2, 0) is 6.18 Å². The minimum absolute atomic E-state index is 0.0685. The number of halogens is 3. The molecule has 114 valence electrons. The molecule has 0 spiro atoms. The number of nitrogens with zero attached hydrogens (tertiary/aromatic N) is 1. The van der Waals surface area contributed by atoms with Gasteiger partial charge in [0.2, 0.25) is 0 Å². The second-order valence-corrected chi connectivity index (χ2v) is 4.86. The number of alkyl halides is 3. The van der Waals surface area contributed by atoms with E-state index in [2.05, 4.69) is 4.90 Å². The van der Waals surface area contributed by atoms with Gasteiger partial charge in [-0.1, -0.05) is 19.1 Å². The van der Waals surface area contributed by atoms with Crippen LogP contribution in [0.5, 0.6) is 0 Å². The van der Waals surface area contributed by atoms with Crippen molar-refractivity contribution in [3.05, 3.63) is 35.4 Å². The minimum atomic E-state index is -4.30. The Balaban J connectivity index is 2.81. The van der Waals surface area contributed by atoms with Crippen LogP contribution in [0.15, 0.2) is 24.3 Å². The van der Waals surface area contributed by atoms with Crippen LogP contribution >= 0.6 is 0 Å². The van der Waals surface area contributed by atoms with Crippen molar-refractivity contribution in [2.24, 2.45) is 0 Å². The summed E-state index contributed by atoms with van der Waals surface area (Å²) in [5.41, 5.74) is 0.0685. The minimum Gasteiger partial charge on any atom is -0.396 e. The van der Waals surface area contributed by atoms with Crippen molar-refractivity contribution < 1.29 is 18.3 Å². The maximum Gasteiger partial charge on any atom is 0.416 e. The molecule has 2 nitrogen and oxygen atoms in total. The van der Waals surface area contributed by atoms with Gasteiger partial charge in [-0.3, -0.25) is 4.90 Å². The molecule has 0 saturated carbocycles. The lowest BCUT2D eigenvalue weighted by Crippen LogP contribution is -2.28. The van der Waals surface area contributed by atoms with Gasteiger partial charge in [0.1, 0.15) is 0 Å². The van der Waals surface area contributed by atoms with Crippen LogP contribution in [-0.4, -0.2) is 29.7 Å². The SMILES string of the molecule is CCN(CCCCO)C(C)c1cccc(C(F)(F)F)c1. The quantitative estimate of drug-likeness (QED) is 0.770. The lowest BCUT2D eigenvalue weighted by molar-refractivity contribution is -0.137. The van der Waals surface area contributed by atoms with Gasteiger partial charge in [0, 0.05) is 12.6 Å². The van der Waals surface area contributed by atoms with Crippen LogP contribution in [0.1, 0.15) is 43.9 Å². The zero-order valence-electron chi connectivity index (χ0n) is 12.0. The summed E-state index contributed by atoms with van der Waals surface area (Å²) in [5.74, 6) is 0. The first kappa shape index (κ1) is 17.0. The lowest BCUT2D eigenvalue weighted by Gasteiger charge is -2.28. The van der Waals surface area contributed by atoms with Crippen LogP contribution in [0, 0.1) is 0 Å². The third-order valence-electron chi connectivity index (χ3n) is 3.50. The second kappa shape index (κ2) is 7.64. The highest BCUT2D eigenvalue weighted by atomic mass is 19.4. The first-order valence-electron chi connectivity index (χ1n) is 6.92. The van der Waals surface area contributed by atoms with Crippen molar-refractivity contribution in [1.82, 2.24) is 4.90 Å². The third-order valence-corrected chi connectivity index (χ3v) is 3.50. The van der Waals surface area contributed by atoms with Gasteiger partial charge in [0.25, 0.3) is 0 Å². The Morgan fingerprint density at radius 3 is 2.50 bits per heavy atom. The first-order valence-corrected chi connectivity index (χ1v) is 6.92. The predicted octanol–water partition coefficient (Wildman–Crippen LogP) is 3.86. The molecule has 0 aliphatic carbocycles.